The van der Waals surface area contributed by atoms with Gasteiger partial charge in [-0.15, -0.1) is 10.2 Å². The molecular weight excluding hydrogens is 479 g/mol. The maximum Gasteiger partial charge on any atom is 0.251 e. The van der Waals surface area contributed by atoms with Crippen LogP contribution in [0.15, 0.2) is 71.3 Å². The molecule has 0 saturated heterocycles. The number of amides is 2. The lowest BCUT2D eigenvalue weighted by atomic mass is 10.1. The van der Waals surface area contributed by atoms with E-state index in [0.29, 0.717) is 17.0 Å². The zero-order valence-corrected chi connectivity index (χ0v) is 20.9. The summed E-state index contributed by atoms with van der Waals surface area (Å²) in [5, 5.41) is 15.2. The lowest BCUT2D eigenvalue weighted by molar-refractivity contribution is -0.128. The molecule has 37 heavy (non-hydrogen) atoms. The number of ether oxygens (including phenoxy) is 1. The van der Waals surface area contributed by atoms with Crippen molar-refractivity contribution in [3.63, 3.8) is 0 Å². The predicted octanol–water partition coefficient (Wildman–Crippen LogP) is 3.77. The molecule has 0 aliphatic carbocycles. The first-order chi connectivity index (χ1) is 17.7. The second-order valence-corrected chi connectivity index (χ2v) is 9.24. The van der Waals surface area contributed by atoms with Gasteiger partial charge in [0.05, 0.1) is 19.1 Å². The first kappa shape index (κ1) is 25.5. The van der Waals surface area contributed by atoms with E-state index in [1.165, 1.54) is 42.5 Å². The molecule has 1 atom stereocenters. The summed E-state index contributed by atoms with van der Waals surface area (Å²) in [6, 6.07) is 14.6. The van der Waals surface area contributed by atoms with Crippen molar-refractivity contribution in [2.45, 2.75) is 38.9 Å². The van der Waals surface area contributed by atoms with Gasteiger partial charge in [0.2, 0.25) is 5.82 Å². The van der Waals surface area contributed by atoms with Gasteiger partial charge in [-0.3, -0.25) is 14.5 Å². The minimum atomic E-state index is -1.15. The maximum absolute atomic E-state index is 13.8. The van der Waals surface area contributed by atoms with Gasteiger partial charge < -0.3 is 14.5 Å². The van der Waals surface area contributed by atoms with E-state index in [0.717, 1.165) is 4.80 Å². The van der Waals surface area contributed by atoms with Gasteiger partial charge in [0, 0.05) is 11.1 Å². The number of carbonyl (C=O) groups is 2. The molecule has 0 unspecified atom stereocenters. The largest absolute Gasteiger partial charge is 0.495 e. The monoisotopic (exact) mass is 506 g/mol. The van der Waals surface area contributed by atoms with Gasteiger partial charge in [-0.2, -0.15) is 4.80 Å². The molecule has 0 saturated carbocycles. The average molecular weight is 507 g/mol. The molecule has 0 radical (unpaired) electrons. The number of methoxy groups -OCH3 is 1. The van der Waals surface area contributed by atoms with Gasteiger partial charge in [0.1, 0.15) is 23.9 Å². The van der Waals surface area contributed by atoms with E-state index in [1.54, 1.807) is 36.4 Å². The molecule has 10 nitrogen and oxygen atoms in total. The number of carbonyl (C=O) groups excluding carboxylic acids is 2. The number of benzene rings is 2. The van der Waals surface area contributed by atoms with Crippen LogP contribution in [0.25, 0.3) is 11.4 Å². The second kappa shape index (κ2) is 10.6. The van der Waals surface area contributed by atoms with Gasteiger partial charge in [0.15, 0.2) is 6.04 Å². The number of furan rings is 1. The van der Waals surface area contributed by atoms with Crippen molar-refractivity contribution in [1.29, 1.82) is 0 Å². The zero-order valence-electron chi connectivity index (χ0n) is 20.9. The summed E-state index contributed by atoms with van der Waals surface area (Å²) in [5.74, 6) is -0.478. The van der Waals surface area contributed by atoms with E-state index < -0.39 is 29.2 Å². The Balaban J connectivity index is 1.73. The summed E-state index contributed by atoms with van der Waals surface area (Å²) in [6.45, 7) is 5.19. The smallest absolute Gasteiger partial charge is 0.251 e. The van der Waals surface area contributed by atoms with Crippen molar-refractivity contribution in [2.24, 2.45) is 0 Å². The molecule has 2 amide bonds. The highest BCUT2D eigenvalue weighted by molar-refractivity contribution is 6.02. The third-order valence-corrected chi connectivity index (χ3v) is 5.26. The van der Waals surface area contributed by atoms with E-state index in [4.69, 9.17) is 9.15 Å². The van der Waals surface area contributed by atoms with Crippen LogP contribution >= 0.6 is 0 Å². The van der Waals surface area contributed by atoms with Gasteiger partial charge in [-0.05, 0) is 74.5 Å². The van der Waals surface area contributed by atoms with Gasteiger partial charge in [-0.25, -0.2) is 4.39 Å². The van der Waals surface area contributed by atoms with Crippen molar-refractivity contribution < 1.29 is 23.1 Å². The van der Waals surface area contributed by atoms with E-state index in [1.807, 2.05) is 20.8 Å². The third kappa shape index (κ3) is 6.00. The Bertz CT molecular complexity index is 1360. The Hall–Kier alpha value is -4.54. The van der Waals surface area contributed by atoms with Gasteiger partial charge >= 0.3 is 0 Å². The highest BCUT2D eigenvalue weighted by Crippen LogP contribution is 2.35. The lowest BCUT2D eigenvalue weighted by Gasteiger charge is -2.32. The number of hydrogen-bond donors (Lipinski definition) is 1. The molecule has 1 N–H and O–H groups in total. The molecule has 2 heterocycles. The summed E-state index contributed by atoms with van der Waals surface area (Å²) >= 11 is 0. The Morgan fingerprint density at radius 1 is 1.11 bits per heavy atom. The quantitative estimate of drug-likeness (QED) is 0.387. The van der Waals surface area contributed by atoms with Crippen LogP contribution in [0.2, 0.25) is 0 Å². The minimum Gasteiger partial charge on any atom is -0.495 e. The Morgan fingerprint density at radius 3 is 2.49 bits per heavy atom. The molecule has 0 aliphatic rings. The number of aromatic nitrogens is 4. The molecule has 0 spiro atoms. The first-order valence-corrected chi connectivity index (χ1v) is 11.5. The molecule has 2 aromatic carbocycles. The van der Waals surface area contributed by atoms with Crippen LogP contribution in [0, 0.1) is 5.82 Å². The number of halogens is 1. The van der Waals surface area contributed by atoms with Crippen molar-refractivity contribution in [1.82, 2.24) is 25.5 Å². The van der Waals surface area contributed by atoms with E-state index in [-0.39, 0.29) is 18.1 Å². The predicted molar refractivity (Wildman–Crippen MR) is 133 cm³/mol. The Labute approximate surface area is 213 Å². The molecule has 4 rings (SSSR count). The van der Waals surface area contributed by atoms with Crippen LogP contribution in [-0.4, -0.2) is 44.7 Å². The number of rotatable bonds is 8. The molecule has 4 aromatic rings. The number of hydrogen-bond acceptors (Lipinski definition) is 7. The molecular formula is C26H27FN6O4. The zero-order chi connectivity index (χ0) is 26.6. The number of para-hydroxylation sites is 2. The summed E-state index contributed by atoms with van der Waals surface area (Å²) < 4.78 is 24.4. The molecule has 192 valence electrons. The standard InChI is InChI=1S/C26H27FN6O4/c1-26(2,3)28-25(35)23(21-10-7-15-37-21)33(19-8-5-6-9-20(19)36-4)22(34)16-32-30-24(29-31-32)17-11-13-18(27)14-12-17/h5-15,23H,16H2,1-4H3,(H,28,35)/t23-/m0/s1. The maximum atomic E-state index is 13.8. The average Bonchev–Trinajstić information content (AvgIpc) is 3.54. The third-order valence-electron chi connectivity index (χ3n) is 5.26. The molecule has 0 bridgehead atoms. The summed E-state index contributed by atoms with van der Waals surface area (Å²) in [7, 11) is 1.48. The summed E-state index contributed by atoms with van der Waals surface area (Å²) in [4.78, 5) is 29.8. The molecule has 11 heteroatoms. The van der Waals surface area contributed by atoms with Crippen LogP contribution in [0.3, 0.4) is 0 Å². The van der Waals surface area contributed by atoms with Crippen molar-refractivity contribution in [2.75, 3.05) is 12.0 Å². The highest BCUT2D eigenvalue weighted by atomic mass is 19.1. The fourth-order valence-electron chi connectivity index (χ4n) is 3.73. The molecule has 0 fully saturated rings. The van der Waals surface area contributed by atoms with Crippen molar-refractivity contribution in [3.8, 4) is 17.1 Å². The fourth-order valence-corrected chi connectivity index (χ4v) is 3.73. The number of nitrogens with one attached hydrogen (secondary N) is 1. The lowest BCUT2D eigenvalue weighted by Crippen LogP contribution is -2.50. The van der Waals surface area contributed by atoms with Crippen LogP contribution in [-0.2, 0) is 16.1 Å². The minimum absolute atomic E-state index is 0.227. The van der Waals surface area contributed by atoms with E-state index in [2.05, 4.69) is 20.7 Å². The first-order valence-electron chi connectivity index (χ1n) is 11.5. The van der Waals surface area contributed by atoms with Gasteiger partial charge in [-0.1, -0.05) is 12.1 Å². The fraction of sp³-hybridized carbons (Fsp3) is 0.269. The van der Waals surface area contributed by atoms with Crippen LogP contribution in [0.5, 0.6) is 5.75 Å². The number of tetrazole rings is 1. The summed E-state index contributed by atoms with van der Waals surface area (Å²) in [6.07, 6.45) is 1.44. The van der Waals surface area contributed by atoms with Crippen LogP contribution in [0.4, 0.5) is 10.1 Å². The number of nitrogens with zero attached hydrogens (tertiary/aromatic N) is 5. The Morgan fingerprint density at radius 2 is 1.84 bits per heavy atom. The van der Waals surface area contributed by atoms with Crippen molar-refractivity contribution in [3.05, 3.63) is 78.5 Å². The van der Waals surface area contributed by atoms with Crippen LogP contribution < -0.4 is 15.0 Å². The molecule has 2 aromatic heterocycles. The van der Waals surface area contributed by atoms with Crippen LogP contribution in [0.1, 0.15) is 32.6 Å². The van der Waals surface area contributed by atoms with E-state index in [9.17, 15) is 14.0 Å². The topological polar surface area (TPSA) is 115 Å². The normalized spacial score (nSPS) is 12.1. The van der Waals surface area contributed by atoms with E-state index >= 15 is 0 Å². The van der Waals surface area contributed by atoms with Crippen molar-refractivity contribution >= 4 is 17.5 Å². The second-order valence-electron chi connectivity index (χ2n) is 9.24. The molecule has 0 aliphatic heterocycles. The summed E-state index contributed by atoms with van der Waals surface area (Å²) in [5.41, 5.74) is 0.327. The van der Waals surface area contributed by atoms with Gasteiger partial charge in [0.25, 0.3) is 11.8 Å². The SMILES string of the molecule is COc1ccccc1N(C(=O)Cn1nnc(-c2ccc(F)cc2)n1)[C@H](C(=O)NC(C)(C)C)c1ccco1. The number of anilines is 1. The highest BCUT2D eigenvalue weighted by Gasteiger charge is 2.37. The Kier molecular flexibility index (Phi) is 7.32.